The number of hydrogen-bond donors (Lipinski definition) is 0. The van der Waals surface area contributed by atoms with Gasteiger partial charge < -0.3 is 37.9 Å². The zero-order valence-electron chi connectivity index (χ0n) is 24.5. The quantitative estimate of drug-likeness (QED) is 0.0629. The molecular formula is C27H57N3NiS6+3. The van der Waals surface area contributed by atoms with Crippen molar-refractivity contribution in [3.8, 4) is 0 Å². The SMILES string of the molecule is CCCCN(CCCC)C([S-])=[SH+].CCCCN(CCCC)C([S-])=[SH+].CCCCN(CCCC)C([S-])=[SH+].[Ni+3]. The summed E-state index contributed by atoms with van der Waals surface area (Å²) in [6, 6.07) is 0. The maximum atomic E-state index is 5.03. The molecule has 0 amide bonds. The monoisotopic (exact) mass is 673 g/mol. The molecule has 0 atom stereocenters. The minimum absolute atomic E-state index is 0. The van der Waals surface area contributed by atoms with Crippen LogP contribution in [0.5, 0.6) is 0 Å². The first-order valence-corrected chi connectivity index (χ1v) is 16.7. The third kappa shape index (κ3) is 33.8. The first-order valence-electron chi connectivity index (χ1n) is 14.1. The van der Waals surface area contributed by atoms with Crippen LogP contribution >= 0.6 is 0 Å². The Hall–Kier alpha value is 1.69. The van der Waals surface area contributed by atoms with E-state index in [1.807, 2.05) is 0 Å². The van der Waals surface area contributed by atoms with Gasteiger partial charge in [0.2, 0.25) is 0 Å². The van der Waals surface area contributed by atoms with Crippen molar-refractivity contribution in [2.24, 2.45) is 0 Å². The van der Waals surface area contributed by atoms with Crippen molar-refractivity contribution < 1.29 is 16.5 Å². The van der Waals surface area contributed by atoms with Crippen molar-refractivity contribution in [3.05, 3.63) is 0 Å². The molecule has 0 saturated carbocycles. The van der Waals surface area contributed by atoms with Gasteiger partial charge >= 0.3 is 16.5 Å². The maximum Gasteiger partial charge on any atom is 3.00 e. The third-order valence-corrected chi connectivity index (χ3v) is 7.12. The predicted octanol–water partition coefficient (Wildman–Crippen LogP) is 5.40. The summed E-state index contributed by atoms with van der Waals surface area (Å²) >= 11 is 27.7. The Morgan fingerprint density at radius 3 is 0.622 bits per heavy atom. The number of hydrogen-bond acceptors (Lipinski definition) is 3. The van der Waals surface area contributed by atoms with E-state index in [1.54, 1.807) is 0 Å². The van der Waals surface area contributed by atoms with Crippen LogP contribution in [0.25, 0.3) is 0 Å². The van der Waals surface area contributed by atoms with Crippen LogP contribution in [0.1, 0.15) is 119 Å². The second kappa shape index (κ2) is 35.7. The molecular weight excluding hydrogens is 617 g/mol. The summed E-state index contributed by atoms with van der Waals surface area (Å²) in [6.45, 7) is 19.6. The van der Waals surface area contributed by atoms with Crippen LogP contribution in [-0.4, -0.2) is 66.9 Å². The van der Waals surface area contributed by atoms with Crippen molar-refractivity contribution >= 4 is 87.5 Å². The van der Waals surface area contributed by atoms with Crippen LogP contribution in [0.3, 0.4) is 0 Å². The van der Waals surface area contributed by atoms with Gasteiger partial charge in [-0.1, -0.05) is 80.1 Å². The van der Waals surface area contributed by atoms with Gasteiger partial charge in [0.1, 0.15) is 49.6 Å². The average molecular weight is 675 g/mol. The van der Waals surface area contributed by atoms with E-state index >= 15 is 0 Å². The summed E-state index contributed by atoms with van der Waals surface area (Å²) in [7, 11) is 0. The van der Waals surface area contributed by atoms with Crippen molar-refractivity contribution in [1.82, 2.24) is 14.7 Å². The number of thiol groups is 3. The summed E-state index contributed by atoms with van der Waals surface area (Å²) in [5.74, 6) is 0. The molecule has 0 heterocycles. The summed E-state index contributed by atoms with van der Waals surface area (Å²) in [4.78, 5) is 6.56. The Morgan fingerprint density at radius 2 is 0.541 bits per heavy atom. The van der Waals surface area contributed by atoms with E-state index in [1.165, 1.54) is 77.0 Å². The molecule has 0 aromatic carbocycles. The van der Waals surface area contributed by atoms with Crippen molar-refractivity contribution in [2.75, 3.05) is 39.3 Å². The van der Waals surface area contributed by atoms with Gasteiger partial charge in [-0.05, 0) is 38.5 Å². The molecule has 0 N–H and O–H groups in total. The van der Waals surface area contributed by atoms with Crippen LogP contribution in [0, 0.1) is 0 Å². The Kier molecular flexibility index (Phi) is 44.1. The van der Waals surface area contributed by atoms with Gasteiger partial charge in [0.25, 0.3) is 0 Å². The topological polar surface area (TPSA) is 9.72 Å². The van der Waals surface area contributed by atoms with Crippen molar-refractivity contribution in [2.45, 2.75) is 119 Å². The number of nitrogens with zero attached hydrogens (tertiary/aromatic N) is 3. The molecule has 0 aliphatic heterocycles. The van der Waals surface area contributed by atoms with Gasteiger partial charge in [-0.2, -0.15) is 0 Å². The third-order valence-electron chi connectivity index (χ3n) is 5.50. The van der Waals surface area contributed by atoms with Gasteiger partial charge in [0, 0.05) is 39.3 Å². The molecule has 0 bridgehead atoms. The second-order valence-corrected chi connectivity index (χ2v) is 12.3. The molecule has 0 unspecified atom stereocenters. The van der Waals surface area contributed by atoms with E-state index in [4.69, 9.17) is 37.9 Å². The van der Waals surface area contributed by atoms with Crippen LogP contribution in [0.2, 0.25) is 0 Å². The molecule has 0 spiro atoms. The van der Waals surface area contributed by atoms with Crippen LogP contribution in [0.15, 0.2) is 0 Å². The van der Waals surface area contributed by atoms with Crippen molar-refractivity contribution in [3.63, 3.8) is 0 Å². The molecule has 0 aromatic heterocycles. The van der Waals surface area contributed by atoms with E-state index in [9.17, 15) is 0 Å². The zero-order valence-corrected chi connectivity index (χ0v) is 30.6. The fourth-order valence-electron chi connectivity index (χ4n) is 3.00. The van der Waals surface area contributed by atoms with Gasteiger partial charge in [-0.3, -0.25) is 14.7 Å². The fraction of sp³-hybridized carbons (Fsp3) is 0.889. The first-order chi connectivity index (χ1) is 17.2. The summed E-state index contributed by atoms with van der Waals surface area (Å²) in [5, 5.41) is 0. The van der Waals surface area contributed by atoms with Crippen LogP contribution < -0.4 is 0 Å². The predicted molar refractivity (Wildman–Crippen MR) is 188 cm³/mol. The zero-order chi connectivity index (χ0) is 28.2. The van der Waals surface area contributed by atoms with E-state index in [0.29, 0.717) is 0 Å². The average Bonchev–Trinajstić information content (AvgIpc) is 2.84. The minimum Gasteiger partial charge on any atom is -0.680 e. The molecule has 0 rings (SSSR count). The Morgan fingerprint density at radius 1 is 0.405 bits per heavy atom. The molecule has 223 valence electrons. The molecule has 3 nitrogen and oxygen atoms in total. The Labute approximate surface area is 274 Å². The van der Waals surface area contributed by atoms with Gasteiger partial charge in [-0.25, -0.2) is 0 Å². The Bertz CT molecular complexity index is 431. The normalized spacial score (nSPS) is 10.4. The molecule has 0 fully saturated rings. The maximum absolute atomic E-state index is 5.03. The smallest absolute Gasteiger partial charge is 0.680 e. The fourth-order valence-corrected chi connectivity index (χ4v) is 4.15. The largest absolute Gasteiger partial charge is 3.00 e. The van der Waals surface area contributed by atoms with Crippen LogP contribution in [0.4, 0.5) is 0 Å². The van der Waals surface area contributed by atoms with E-state index in [0.717, 1.165) is 52.2 Å². The summed E-state index contributed by atoms with van der Waals surface area (Å²) in [5.41, 5.74) is 0. The first kappa shape index (κ1) is 45.7. The van der Waals surface area contributed by atoms with E-state index < -0.39 is 0 Å². The molecule has 10 heteroatoms. The summed E-state index contributed by atoms with van der Waals surface area (Å²) < 4.78 is 2.24. The van der Waals surface area contributed by atoms with Gasteiger partial charge in [0.15, 0.2) is 0 Å². The van der Waals surface area contributed by atoms with Crippen LogP contribution in [-0.2, 0) is 91.0 Å². The molecule has 37 heavy (non-hydrogen) atoms. The standard InChI is InChI=1S/3C9H19NS2.Ni/c3*1-3-5-7-10(9(11)12)8-6-4-2;/h3*3-8H2,1-2H3,(H,11,12);/q;;;+3. The van der Waals surface area contributed by atoms with Gasteiger partial charge in [0.05, 0.1) is 0 Å². The number of rotatable bonds is 18. The van der Waals surface area contributed by atoms with Crippen molar-refractivity contribution in [1.29, 1.82) is 0 Å². The Balaban J connectivity index is -0.000000218. The molecule has 0 saturated heterocycles. The van der Waals surface area contributed by atoms with Gasteiger partial charge in [-0.15, -0.1) is 0 Å². The van der Waals surface area contributed by atoms with E-state index in [-0.39, 0.29) is 16.5 Å². The van der Waals surface area contributed by atoms with E-state index in [2.05, 4.69) is 92.9 Å². The summed E-state index contributed by atoms with van der Waals surface area (Å²) in [6.07, 6.45) is 14.6. The molecule has 0 aliphatic carbocycles. The molecule has 0 aromatic rings. The molecule has 1 radical (unpaired) electrons. The minimum atomic E-state index is 0. The molecule has 0 aliphatic rings. The second-order valence-electron chi connectivity index (χ2n) is 8.93. The number of unbranched alkanes of at least 4 members (excludes halogenated alkanes) is 6.